The van der Waals surface area contributed by atoms with Gasteiger partial charge in [0.15, 0.2) is 5.13 Å². The zero-order valence-corrected chi connectivity index (χ0v) is 10.8. The van der Waals surface area contributed by atoms with E-state index in [0.717, 1.165) is 22.6 Å². The van der Waals surface area contributed by atoms with Crippen LogP contribution in [-0.2, 0) is 4.79 Å². The largest absolute Gasteiger partial charge is 0.352 e. The topological polar surface area (TPSA) is 45.2 Å². The number of anilines is 1. The molecule has 0 radical (unpaired) electrons. The molecular formula is C9H12BrN3OS. The molecule has 1 saturated carbocycles. The molecule has 2 rings (SSSR count). The highest BCUT2D eigenvalue weighted by atomic mass is 79.9. The van der Waals surface area contributed by atoms with Crippen LogP contribution in [0.3, 0.4) is 0 Å². The fourth-order valence-corrected chi connectivity index (χ4v) is 2.42. The quantitative estimate of drug-likeness (QED) is 0.916. The summed E-state index contributed by atoms with van der Waals surface area (Å²) in [5.74, 6) is 0.0753. The third-order valence-corrected chi connectivity index (χ3v) is 3.78. The Kier molecular flexibility index (Phi) is 3.25. The summed E-state index contributed by atoms with van der Waals surface area (Å²) in [5.41, 5.74) is 0. The normalized spacial score (nSPS) is 15.1. The van der Waals surface area contributed by atoms with Gasteiger partial charge in [0.05, 0.1) is 6.54 Å². The first-order chi connectivity index (χ1) is 7.15. The van der Waals surface area contributed by atoms with Crippen molar-refractivity contribution in [3.05, 3.63) is 9.98 Å². The van der Waals surface area contributed by atoms with E-state index in [1.807, 2.05) is 17.3 Å². The molecule has 0 spiro atoms. The maximum Gasteiger partial charge on any atom is 0.239 e. The standard InChI is InChI=1S/C9H12BrN3OS/c1-13(9-12-7(10)5-15-9)4-8(14)11-6-2-3-6/h5-6H,2-4H2,1H3,(H,11,14). The van der Waals surface area contributed by atoms with E-state index in [-0.39, 0.29) is 5.91 Å². The average molecular weight is 290 g/mol. The number of rotatable bonds is 4. The van der Waals surface area contributed by atoms with Crippen molar-refractivity contribution in [3.8, 4) is 0 Å². The van der Waals surface area contributed by atoms with Crippen LogP contribution in [0.2, 0.25) is 0 Å². The van der Waals surface area contributed by atoms with Gasteiger partial charge in [0.2, 0.25) is 5.91 Å². The molecule has 1 aliphatic rings. The van der Waals surface area contributed by atoms with E-state index >= 15 is 0 Å². The van der Waals surface area contributed by atoms with Crippen LogP contribution < -0.4 is 10.2 Å². The molecule has 1 N–H and O–H groups in total. The highest BCUT2D eigenvalue weighted by Gasteiger charge is 2.23. The van der Waals surface area contributed by atoms with Crippen molar-refractivity contribution in [1.82, 2.24) is 10.3 Å². The molecule has 0 aromatic carbocycles. The van der Waals surface area contributed by atoms with Gasteiger partial charge in [-0.25, -0.2) is 4.98 Å². The number of aromatic nitrogens is 1. The van der Waals surface area contributed by atoms with Gasteiger partial charge in [-0.05, 0) is 28.8 Å². The Morgan fingerprint density at radius 3 is 3.07 bits per heavy atom. The highest BCUT2D eigenvalue weighted by molar-refractivity contribution is 9.10. The second-order valence-electron chi connectivity index (χ2n) is 3.65. The number of likely N-dealkylation sites (N-methyl/N-ethyl adjacent to an activating group) is 1. The summed E-state index contributed by atoms with van der Waals surface area (Å²) in [5, 5.41) is 5.71. The van der Waals surface area contributed by atoms with Gasteiger partial charge in [-0.2, -0.15) is 0 Å². The molecule has 1 aromatic heterocycles. The minimum absolute atomic E-state index is 0.0753. The van der Waals surface area contributed by atoms with Gasteiger partial charge < -0.3 is 10.2 Å². The van der Waals surface area contributed by atoms with Crippen molar-refractivity contribution in [1.29, 1.82) is 0 Å². The summed E-state index contributed by atoms with van der Waals surface area (Å²) in [6, 6.07) is 0.425. The van der Waals surface area contributed by atoms with E-state index in [9.17, 15) is 4.79 Å². The Morgan fingerprint density at radius 2 is 2.53 bits per heavy atom. The molecule has 4 nitrogen and oxygen atoms in total. The molecule has 1 heterocycles. The summed E-state index contributed by atoms with van der Waals surface area (Å²) >= 11 is 4.81. The summed E-state index contributed by atoms with van der Waals surface area (Å²) in [7, 11) is 1.87. The predicted molar refractivity (Wildman–Crippen MR) is 64.2 cm³/mol. The van der Waals surface area contributed by atoms with Gasteiger partial charge >= 0.3 is 0 Å². The Balaban J connectivity index is 1.85. The van der Waals surface area contributed by atoms with Gasteiger partial charge in [0.1, 0.15) is 4.60 Å². The van der Waals surface area contributed by atoms with Crippen LogP contribution in [0.1, 0.15) is 12.8 Å². The molecule has 6 heteroatoms. The maximum atomic E-state index is 11.5. The first-order valence-electron chi connectivity index (χ1n) is 4.76. The predicted octanol–water partition coefficient (Wildman–Crippen LogP) is 1.62. The SMILES string of the molecule is CN(CC(=O)NC1CC1)c1nc(Br)cs1. The zero-order chi connectivity index (χ0) is 10.8. The average Bonchev–Trinajstić information content (AvgIpc) is 2.85. The zero-order valence-electron chi connectivity index (χ0n) is 8.36. The van der Waals surface area contributed by atoms with Crippen LogP contribution in [0.5, 0.6) is 0 Å². The van der Waals surface area contributed by atoms with E-state index in [4.69, 9.17) is 0 Å². The number of halogens is 1. The number of carbonyl (C=O) groups is 1. The van der Waals surface area contributed by atoms with Crippen LogP contribution in [0.25, 0.3) is 0 Å². The maximum absolute atomic E-state index is 11.5. The van der Waals surface area contributed by atoms with E-state index in [2.05, 4.69) is 26.2 Å². The molecule has 1 aliphatic carbocycles. The third kappa shape index (κ3) is 3.17. The van der Waals surface area contributed by atoms with E-state index in [0.29, 0.717) is 12.6 Å². The van der Waals surface area contributed by atoms with Crippen molar-refractivity contribution >= 4 is 38.3 Å². The number of thiazole rings is 1. The molecule has 1 amide bonds. The Bertz CT molecular complexity index is 364. The first kappa shape index (κ1) is 10.9. The minimum atomic E-state index is 0.0753. The summed E-state index contributed by atoms with van der Waals surface area (Å²) in [6.07, 6.45) is 2.25. The molecule has 0 bridgehead atoms. The molecule has 15 heavy (non-hydrogen) atoms. The van der Waals surface area contributed by atoms with Crippen molar-refractivity contribution in [2.45, 2.75) is 18.9 Å². The molecule has 0 aliphatic heterocycles. The molecule has 0 saturated heterocycles. The Labute approximate surface area is 101 Å². The molecular weight excluding hydrogens is 278 g/mol. The van der Waals surface area contributed by atoms with Crippen LogP contribution in [-0.4, -0.2) is 30.5 Å². The lowest BCUT2D eigenvalue weighted by atomic mass is 10.5. The Morgan fingerprint density at radius 1 is 1.80 bits per heavy atom. The number of hydrogen-bond donors (Lipinski definition) is 1. The number of nitrogens with zero attached hydrogens (tertiary/aromatic N) is 2. The number of hydrogen-bond acceptors (Lipinski definition) is 4. The molecule has 1 aromatic rings. The van der Waals surface area contributed by atoms with E-state index in [1.165, 1.54) is 11.3 Å². The van der Waals surface area contributed by atoms with E-state index < -0.39 is 0 Å². The number of carbonyl (C=O) groups excluding carboxylic acids is 1. The summed E-state index contributed by atoms with van der Waals surface area (Å²) in [6.45, 7) is 0.371. The smallest absolute Gasteiger partial charge is 0.239 e. The lowest BCUT2D eigenvalue weighted by Crippen LogP contribution is -2.36. The summed E-state index contributed by atoms with van der Waals surface area (Å²) in [4.78, 5) is 17.6. The van der Waals surface area contributed by atoms with Crippen molar-refractivity contribution < 1.29 is 4.79 Å². The fourth-order valence-electron chi connectivity index (χ4n) is 1.20. The minimum Gasteiger partial charge on any atom is -0.352 e. The van der Waals surface area contributed by atoms with Gasteiger partial charge in [-0.1, -0.05) is 0 Å². The Hall–Kier alpha value is -0.620. The molecule has 82 valence electrons. The van der Waals surface area contributed by atoms with Gasteiger partial charge in [0.25, 0.3) is 0 Å². The second-order valence-corrected chi connectivity index (χ2v) is 5.30. The summed E-state index contributed by atoms with van der Waals surface area (Å²) < 4.78 is 0.817. The van der Waals surface area contributed by atoms with Crippen LogP contribution in [0, 0.1) is 0 Å². The van der Waals surface area contributed by atoms with Crippen LogP contribution in [0.15, 0.2) is 9.98 Å². The molecule has 1 fully saturated rings. The van der Waals surface area contributed by atoms with Crippen molar-refractivity contribution in [2.24, 2.45) is 0 Å². The van der Waals surface area contributed by atoms with Crippen LogP contribution in [0.4, 0.5) is 5.13 Å². The number of amides is 1. The lowest BCUT2D eigenvalue weighted by molar-refractivity contribution is -0.119. The third-order valence-electron chi connectivity index (χ3n) is 2.11. The fraction of sp³-hybridized carbons (Fsp3) is 0.556. The highest BCUT2D eigenvalue weighted by Crippen LogP contribution is 2.22. The van der Waals surface area contributed by atoms with Gasteiger partial charge in [-0.15, -0.1) is 11.3 Å². The van der Waals surface area contributed by atoms with E-state index in [1.54, 1.807) is 0 Å². The van der Waals surface area contributed by atoms with Crippen molar-refractivity contribution in [2.75, 3.05) is 18.5 Å². The molecule has 0 unspecified atom stereocenters. The molecule has 0 atom stereocenters. The van der Waals surface area contributed by atoms with Gasteiger partial charge in [0, 0.05) is 18.5 Å². The lowest BCUT2D eigenvalue weighted by Gasteiger charge is -2.14. The van der Waals surface area contributed by atoms with Gasteiger partial charge in [-0.3, -0.25) is 4.79 Å². The number of nitrogens with one attached hydrogen (secondary N) is 1. The van der Waals surface area contributed by atoms with Crippen molar-refractivity contribution in [3.63, 3.8) is 0 Å². The second kappa shape index (κ2) is 4.49. The monoisotopic (exact) mass is 289 g/mol. The van der Waals surface area contributed by atoms with Crippen LogP contribution >= 0.6 is 27.3 Å². The first-order valence-corrected chi connectivity index (χ1v) is 6.44.